The van der Waals surface area contributed by atoms with Gasteiger partial charge in [-0.3, -0.25) is 9.78 Å². The van der Waals surface area contributed by atoms with Crippen molar-refractivity contribution in [1.29, 1.82) is 0 Å². The van der Waals surface area contributed by atoms with E-state index in [1.165, 1.54) is 0 Å². The molecule has 0 aromatic carbocycles. The zero-order valence-corrected chi connectivity index (χ0v) is 8.79. The minimum absolute atomic E-state index is 0.0300. The van der Waals surface area contributed by atoms with Crippen LogP contribution in [0.2, 0.25) is 0 Å². The Labute approximate surface area is 89.1 Å². The van der Waals surface area contributed by atoms with Gasteiger partial charge in [0.25, 0.3) is 0 Å². The second-order valence-electron chi connectivity index (χ2n) is 3.83. The van der Waals surface area contributed by atoms with E-state index < -0.39 is 0 Å². The lowest BCUT2D eigenvalue weighted by Gasteiger charge is -2.12. The lowest BCUT2D eigenvalue weighted by atomic mass is 10.2. The van der Waals surface area contributed by atoms with E-state index in [9.17, 15) is 4.79 Å². The average molecular weight is 205 g/mol. The quantitative estimate of drug-likeness (QED) is 0.759. The number of amides is 1. The number of carbonyl (C=O) groups is 1. The molecule has 0 radical (unpaired) electrons. The Morgan fingerprint density at radius 2 is 2.53 bits per heavy atom. The third-order valence-corrected chi connectivity index (χ3v) is 2.65. The molecule has 0 saturated carbocycles. The number of nitrogens with one attached hydrogen (secondary N) is 2. The van der Waals surface area contributed by atoms with Gasteiger partial charge >= 0.3 is 0 Å². The van der Waals surface area contributed by atoms with Gasteiger partial charge in [0.15, 0.2) is 0 Å². The van der Waals surface area contributed by atoms with Crippen LogP contribution in [0.3, 0.4) is 0 Å². The molecule has 1 aromatic heterocycles. The summed E-state index contributed by atoms with van der Waals surface area (Å²) in [7, 11) is 0. The van der Waals surface area contributed by atoms with Crippen molar-refractivity contribution < 1.29 is 4.79 Å². The molecule has 0 unspecified atom stereocenters. The van der Waals surface area contributed by atoms with Crippen LogP contribution in [-0.4, -0.2) is 23.5 Å². The molecule has 2 N–H and O–H groups in total. The molecule has 0 aliphatic carbocycles. The summed E-state index contributed by atoms with van der Waals surface area (Å²) in [6.45, 7) is 2.87. The van der Waals surface area contributed by atoms with Crippen molar-refractivity contribution >= 4 is 11.6 Å². The maximum Gasteiger partial charge on any atom is 0.241 e. The molecule has 1 amide bonds. The summed E-state index contributed by atoms with van der Waals surface area (Å²) >= 11 is 0. The van der Waals surface area contributed by atoms with Gasteiger partial charge in [0.2, 0.25) is 5.91 Å². The smallest absolute Gasteiger partial charge is 0.241 e. The van der Waals surface area contributed by atoms with E-state index in [2.05, 4.69) is 15.6 Å². The molecule has 0 bridgehead atoms. The molecular weight excluding hydrogens is 190 g/mol. The van der Waals surface area contributed by atoms with Crippen molar-refractivity contribution in [2.45, 2.75) is 25.8 Å². The molecule has 1 aromatic rings. The fraction of sp³-hybridized carbons (Fsp3) is 0.455. The summed E-state index contributed by atoms with van der Waals surface area (Å²) < 4.78 is 0. The van der Waals surface area contributed by atoms with Crippen LogP contribution in [0, 0.1) is 6.92 Å². The van der Waals surface area contributed by atoms with Crippen LogP contribution >= 0.6 is 0 Å². The number of aryl methyl sites for hydroxylation is 1. The van der Waals surface area contributed by atoms with Crippen LogP contribution in [0.1, 0.15) is 18.4 Å². The Morgan fingerprint density at radius 3 is 3.20 bits per heavy atom. The van der Waals surface area contributed by atoms with Gasteiger partial charge in [0.05, 0.1) is 6.04 Å². The first-order valence-corrected chi connectivity index (χ1v) is 5.22. The highest BCUT2D eigenvalue weighted by atomic mass is 16.2. The third kappa shape index (κ3) is 2.33. The monoisotopic (exact) mass is 205 g/mol. The Bertz CT molecular complexity index is 359. The van der Waals surface area contributed by atoms with Crippen LogP contribution in [0.5, 0.6) is 0 Å². The Hall–Kier alpha value is -1.42. The Kier molecular flexibility index (Phi) is 2.97. The van der Waals surface area contributed by atoms with Crippen molar-refractivity contribution in [2.75, 3.05) is 11.9 Å². The summed E-state index contributed by atoms with van der Waals surface area (Å²) in [6.07, 6.45) is 5.44. The lowest BCUT2D eigenvalue weighted by Crippen LogP contribution is -2.35. The van der Waals surface area contributed by atoms with Crippen molar-refractivity contribution in [3.8, 4) is 0 Å². The molecule has 2 heterocycles. The van der Waals surface area contributed by atoms with E-state index in [1.807, 2.05) is 13.0 Å². The van der Waals surface area contributed by atoms with E-state index >= 15 is 0 Å². The van der Waals surface area contributed by atoms with Gasteiger partial charge in [-0.25, -0.2) is 0 Å². The number of carbonyl (C=O) groups excluding carboxylic acids is 1. The summed E-state index contributed by atoms with van der Waals surface area (Å²) in [6, 6.07) is 1.79. The van der Waals surface area contributed by atoms with Gasteiger partial charge in [-0.1, -0.05) is 0 Å². The predicted molar refractivity (Wildman–Crippen MR) is 58.6 cm³/mol. The van der Waals surface area contributed by atoms with Gasteiger partial charge in [-0.15, -0.1) is 0 Å². The van der Waals surface area contributed by atoms with Crippen molar-refractivity contribution in [3.05, 3.63) is 24.0 Å². The summed E-state index contributed by atoms with van der Waals surface area (Å²) in [4.78, 5) is 15.8. The van der Waals surface area contributed by atoms with Crippen LogP contribution in [0.15, 0.2) is 18.5 Å². The number of nitrogens with zero attached hydrogens (tertiary/aromatic N) is 1. The molecule has 0 spiro atoms. The normalized spacial score (nSPS) is 20.2. The standard InChI is InChI=1S/C11H15N3O/c1-8-7-12-6-4-9(8)14-11(15)10-3-2-5-13-10/h4,6-7,10,13H,2-3,5H2,1H3,(H,12,14,15)/t10-/m0/s1. The largest absolute Gasteiger partial charge is 0.324 e. The van der Waals surface area contributed by atoms with Gasteiger partial charge in [0.1, 0.15) is 0 Å². The maximum absolute atomic E-state index is 11.8. The zero-order valence-electron chi connectivity index (χ0n) is 8.79. The minimum atomic E-state index is -0.0300. The number of anilines is 1. The van der Waals surface area contributed by atoms with Gasteiger partial charge in [-0.05, 0) is 37.9 Å². The summed E-state index contributed by atoms with van der Waals surface area (Å²) in [5.74, 6) is 0.0572. The highest BCUT2D eigenvalue weighted by Crippen LogP contribution is 2.13. The number of hydrogen-bond acceptors (Lipinski definition) is 3. The molecule has 1 aliphatic heterocycles. The molecule has 15 heavy (non-hydrogen) atoms. The zero-order chi connectivity index (χ0) is 10.7. The van der Waals surface area contributed by atoms with E-state index in [-0.39, 0.29) is 11.9 Å². The second kappa shape index (κ2) is 4.40. The third-order valence-electron chi connectivity index (χ3n) is 2.65. The van der Waals surface area contributed by atoms with Gasteiger partial charge in [0, 0.05) is 18.1 Å². The number of pyridine rings is 1. The Balaban J connectivity index is 2.02. The molecule has 1 aliphatic rings. The van der Waals surface area contributed by atoms with Gasteiger partial charge < -0.3 is 10.6 Å². The predicted octanol–water partition coefficient (Wildman–Crippen LogP) is 1.08. The SMILES string of the molecule is Cc1cnccc1NC(=O)[C@@H]1CCCN1. The number of aromatic nitrogens is 1. The van der Waals surface area contributed by atoms with E-state index in [0.29, 0.717) is 0 Å². The molecule has 1 saturated heterocycles. The number of hydrogen-bond donors (Lipinski definition) is 2. The first-order chi connectivity index (χ1) is 7.27. The minimum Gasteiger partial charge on any atom is -0.324 e. The number of rotatable bonds is 2. The highest BCUT2D eigenvalue weighted by molar-refractivity contribution is 5.95. The Morgan fingerprint density at radius 1 is 1.67 bits per heavy atom. The molecule has 2 rings (SSSR count). The van der Waals surface area contributed by atoms with Gasteiger partial charge in [-0.2, -0.15) is 0 Å². The molecule has 80 valence electrons. The lowest BCUT2D eigenvalue weighted by molar-refractivity contribution is -0.117. The van der Waals surface area contributed by atoms with Crippen LogP contribution < -0.4 is 10.6 Å². The first kappa shape index (κ1) is 10.1. The fourth-order valence-electron chi connectivity index (χ4n) is 1.74. The molecular formula is C11H15N3O. The maximum atomic E-state index is 11.8. The van der Waals surface area contributed by atoms with Crippen LogP contribution in [0.4, 0.5) is 5.69 Å². The van der Waals surface area contributed by atoms with E-state index in [1.54, 1.807) is 12.4 Å². The average Bonchev–Trinajstić information content (AvgIpc) is 2.74. The van der Waals surface area contributed by atoms with Crippen LogP contribution in [-0.2, 0) is 4.79 Å². The second-order valence-corrected chi connectivity index (χ2v) is 3.83. The van der Waals surface area contributed by atoms with E-state index in [4.69, 9.17) is 0 Å². The van der Waals surface area contributed by atoms with Crippen molar-refractivity contribution in [1.82, 2.24) is 10.3 Å². The van der Waals surface area contributed by atoms with Crippen molar-refractivity contribution in [2.24, 2.45) is 0 Å². The molecule has 4 nitrogen and oxygen atoms in total. The van der Waals surface area contributed by atoms with Crippen molar-refractivity contribution in [3.63, 3.8) is 0 Å². The summed E-state index contributed by atoms with van der Waals surface area (Å²) in [5, 5.41) is 6.08. The fourth-order valence-corrected chi connectivity index (χ4v) is 1.74. The first-order valence-electron chi connectivity index (χ1n) is 5.22. The summed E-state index contributed by atoms with van der Waals surface area (Å²) in [5.41, 5.74) is 1.84. The molecule has 1 atom stereocenters. The van der Waals surface area contributed by atoms with Crippen LogP contribution in [0.25, 0.3) is 0 Å². The topological polar surface area (TPSA) is 54.0 Å². The van der Waals surface area contributed by atoms with E-state index in [0.717, 1.165) is 30.6 Å². The molecule has 4 heteroatoms. The molecule has 1 fully saturated rings. The highest BCUT2D eigenvalue weighted by Gasteiger charge is 2.21.